The van der Waals surface area contributed by atoms with Crippen molar-refractivity contribution in [2.45, 2.75) is 27.2 Å². The molecule has 2 aromatic heterocycles. The number of carbonyl (C=O) groups excluding carboxylic acids is 1. The number of hydrogen-bond acceptors (Lipinski definition) is 6. The summed E-state index contributed by atoms with van der Waals surface area (Å²) in [5.41, 5.74) is 0.956. The third-order valence-corrected chi connectivity index (χ3v) is 2.42. The summed E-state index contributed by atoms with van der Waals surface area (Å²) in [5, 5.41) is 3.77. The van der Waals surface area contributed by atoms with Crippen LogP contribution in [-0.2, 0) is 11.2 Å². The summed E-state index contributed by atoms with van der Waals surface area (Å²) < 4.78 is 5.01. The maximum Gasteiger partial charge on any atom is 0.240 e. The summed E-state index contributed by atoms with van der Waals surface area (Å²) >= 11 is 0. The predicted octanol–water partition coefficient (Wildman–Crippen LogP) is 1.60. The van der Waals surface area contributed by atoms with Gasteiger partial charge in [0.2, 0.25) is 17.5 Å². The molecule has 0 aromatic carbocycles. The summed E-state index contributed by atoms with van der Waals surface area (Å²) in [6.07, 6.45) is 3.51. The number of carbonyl (C=O) groups is 1. The summed E-state index contributed by atoms with van der Waals surface area (Å²) in [4.78, 5) is 23.8. The van der Waals surface area contributed by atoms with Gasteiger partial charge in [0.25, 0.3) is 0 Å². The van der Waals surface area contributed by atoms with E-state index < -0.39 is 0 Å². The molecule has 0 bridgehead atoms. The van der Waals surface area contributed by atoms with E-state index in [1.165, 1.54) is 0 Å². The standard InChI is InChI=1S/C12H14N4O2/c1-7(2)9(17)4-10-15-12(16-18-10)11-13-5-8(3)6-14-11/h5-7H,4H2,1-3H3. The summed E-state index contributed by atoms with van der Waals surface area (Å²) in [7, 11) is 0. The average molecular weight is 246 g/mol. The normalized spacial score (nSPS) is 10.9. The zero-order chi connectivity index (χ0) is 13.1. The molecular weight excluding hydrogens is 232 g/mol. The Labute approximate surface area is 104 Å². The zero-order valence-corrected chi connectivity index (χ0v) is 10.5. The molecule has 0 radical (unpaired) electrons. The first-order valence-electron chi connectivity index (χ1n) is 5.70. The van der Waals surface area contributed by atoms with Crippen LogP contribution in [0.3, 0.4) is 0 Å². The van der Waals surface area contributed by atoms with Gasteiger partial charge in [-0.3, -0.25) is 4.79 Å². The van der Waals surface area contributed by atoms with Crippen molar-refractivity contribution in [1.82, 2.24) is 20.1 Å². The minimum atomic E-state index is -0.0454. The summed E-state index contributed by atoms with van der Waals surface area (Å²) in [6.45, 7) is 5.57. The van der Waals surface area contributed by atoms with Crippen molar-refractivity contribution < 1.29 is 9.32 Å². The van der Waals surface area contributed by atoms with E-state index in [4.69, 9.17) is 4.52 Å². The molecule has 0 fully saturated rings. The van der Waals surface area contributed by atoms with E-state index in [1.54, 1.807) is 12.4 Å². The average Bonchev–Trinajstić information content (AvgIpc) is 2.78. The van der Waals surface area contributed by atoms with E-state index in [0.717, 1.165) is 5.56 Å². The van der Waals surface area contributed by atoms with Gasteiger partial charge < -0.3 is 4.52 Å². The van der Waals surface area contributed by atoms with Crippen molar-refractivity contribution >= 4 is 5.78 Å². The van der Waals surface area contributed by atoms with E-state index in [0.29, 0.717) is 17.5 Å². The topological polar surface area (TPSA) is 81.8 Å². The predicted molar refractivity (Wildman–Crippen MR) is 63.6 cm³/mol. The highest BCUT2D eigenvalue weighted by atomic mass is 16.5. The van der Waals surface area contributed by atoms with Crippen LogP contribution in [0.2, 0.25) is 0 Å². The van der Waals surface area contributed by atoms with Crippen molar-refractivity contribution in [3.63, 3.8) is 0 Å². The van der Waals surface area contributed by atoms with Crippen LogP contribution in [0, 0.1) is 12.8 Å². The highest BCUT2D eigenvalue weighted by Gasteiger charge is 2.15. The number of hydrogen-bond donors (Lipinski definition) is 0. The van der Waals surface area contributed by atoms with Crippen LogP contribution in [0.1, 0.15) is 25.3 Å². The van der Waals surface area contributed by atoms with Gasteiger partial charge in [-0.2, -0.15) is 4.98 Å². The van der Waals surface area contributed by atoms with Gasteiger partial charge in [0.05, 0.1) is 6.42 Å². The second-order valence-corrected chi connectivity index (χ2v) is 4.39. The number of Topliss-reactive ketones (excluding diaryl/α,β-unsaturated/α-hetero) is 1. The van der Waals surface area contributed by atoms with Crippen molar-refractivity contribution in [3.8, 4) is 11.6 Å². The number of nitrogens with zero attached hydrogens (tertiary/aromatic N) is 4. The first-order valence-corrected chi connectivity index (χ1v) is 5.70. The van der Waals surface area contributed by atoms with Gasteiger partial charge >= 0.3 is 0 Å². The van der Waals surface area contributed by atoms with E-state index in [1.807, 2.05) is 20.8 Å². The maximum atomic E-state index is 11.5. The molecule has 0 atom stereocenters. The number of rotatable bonds is 4. The molecule has 0 N–H and O–H groups in total. The van der Waals surface area contributed by atoms with Crippen LogP contribution in [0.5, 0.6) is 0 Å². The lowest BCUT2D eigenvalue weighted by Crippen LogP contribution is -2.10. The SMILES string of the molecule is Cc1cnc(-c2noc(CC(=O)C(C)C)n2)nc1. The van der Waals surface area contributed by atoms with E-state index in [9.17, 15) is 4.79 Å². The summed E-state index contributed by atoms with van der Waals surface area (Å²) in [5.74, 6) is 1.02. The lowest BCUT2D eigenvalue weighted by Gasteiger charge is -1.98. The molecule has 0 amide bonds. The molecule has 0 aliphatic rings. The van der Waals surface area contributed by atoms with E-state index >= 15 is 0 Å². The summed E-state index contributed by atoms with van der Waals surface area (Å²) in [6, 6.07) is 0. The Balaban J connectivity index is 2.15. The van der Waals surface area contributed by atoms with Gasteiger partial charge in [0, 0.05) is 18.3 Å². The van der Waals surface area contributed by atoms with Crippen LogP contribution in [0.25, 0.3) is 11.6 Å². The Hall–Kier alpha value is -2.11. The fourth-order valence-corrected chi connectivity index (χ4v) is 1.28. The smallest absolute Gasteiger partial charge is 0.240 e. The first kappa shape index (κ1) is 12.3. The molecule has 0 unspecified atom stereocenters. The van der Waals surface area contributed by atoms with Gasteiger partial charge in [-0.1, -0.05) is 19.0 Å². The van der Waals surface area contributed by atoms with Gasteiger partial charge in [0.1, 0.15) is 5.78 Å². The van der Waals surface area contributed by atoms with Gasteiger partial charge in [-0.05, 0) is 12.5 Å². The van der Waals surface area contributed by atoms with Crippen LogP contribution in [0.4, 0.5) is 0 Å². The first-order chi connectivity index (χ1) is 8.56. The van der Waals surface area contributed by atoms with Gasteiger partial charge in [-0.25, -0.2) is 9.97 Å². The highest BCUT2D eigenvalue weighted by Crippen LogP contribution is 2.11. The third kappa shape index (κ3) is 2.77. The second-order valence-electron chi connectivity index (χ2n) is 4.39. The molecule has 6 nitrogen and oxygen atoms in total. The molecule has 0 aliphatic heterocycles. The molecule has 0 saturated carbocycles. The lowest BCUT2D eigenvalue weighted by atomic mass is 10.1. The van der Waals surface area contributed by atoms with Crippen LogP contribution >= 0.6 is 0 Å². The second kappa shape index (κ2) is 5.03. The number of aryl methyl sites for hydroxylation is 1. The molecule has 0 saturated heterocycles. The lowest BCUT2D eigenvalue weighted by molar-refractivity contribution is -0.121. The molecule has 18 heavy (non-hydrogen) atoms. The molecule has 2 heterocycles. The van der Waals surface area contributed by atoms with E-state index in [2.05, 4.69) is 20.1 Å². The number of aromatic nitrogens is 4. The van der Waals surface area contributed by atoms with Crippen LogP contribution in [-0.4, -0.2) is 25.9 Å². The Morgan fingerprint density at radius 2 is 1.94 bits per heavy atom. The molecule has 6 heteroatoms. The van der Waals surface area contributed by atoms with E-state index in [-0.39, 0.29) is 18.1 Å². The molecule has 94 valence electrons. The van der Waals surface area contributed by atoms with Crippen molar-refractivity contribution in [1.29, 1.82) is 0 Å². The van der Waals surface area contributed by atoms with Crippen LogP contribution < -0.4 is 0 Å². The monoisotopic (exact) mass is 246 g/mol. The Morgan fingerprint density at radius 1 is 1.28 bits per heavy atom. The molecule has 2 aromatic rings. The Bertz CT molecular complexity index is 545. The molecule has 0 spiro atoms. The molecule has 0 aliphatic carbocycles. The molecule has 2 rings (SSSR count). The largest absolute Gasteiger partial charge is 0.338 e. The maximum absolute atomic E-state index is 11.5. The Kier molecular flexibility index (Phi) is 3.45. The van der Waals surface area contributed by atoms with Gasteiger partial charge in [-0.15, -0.1) is 0 Å². The van der Waals surface area contributed by atoms with Crippen LogP contribution in [0.15, 0.2) is 16.9 Å². The van der Waals surface area contributed by atoms with Crippen molar-refractivity contribution in [3.05, 3.63) is 23.8 Å². The molecular formula is C12H14N4O2. The highest BCUT2D eigenvalue weighted by molar-refractivity contribution is 5.81. The number of ketones is 1. The Morgan fingerprint density at radius 3 is 2.56 bits per heavy atom. The minimum absolute atomic E-state index is 0.0454. The third-order valence-electron chi connectivity index (χ3n) is 2.42. The van der Waals surface area contributed by atoms with Gasteiger partial charge in [0.15, 0.2) is 0 Å². The van der Waals surface area contributed by atoms with Crippen molar-refractivity contribution in [2.75, 3.05) is 0 Å². The fourth-order valence-electron chi connectivity index (χ4n) is 1.28. The zero-order valence-electron chi connectivity index (χ0n) is 10.5. The quantitative estimate of drug-likeness (QED) is 0.815. The minimum Gasteiger partial charge on any atom is -0.338 e. The van der Waals surface area contributed by atoms with Crippen molar-refractivity contribution in [2.24, 2.45) is 5.92 Å². The fraction of sp³-hybridized carbons (Fsp3) is 0.417.